The van der Waals surface area contributed by atoms with Crippen molar-refractivity contribution in [2.75, 3.05) is 0 Å². The molecule has 0 heterocycles. The fourth-order valence-corrected chi connectivity index (χ4v) is 0. The zero-order valence-corrected chi connectivity index (χ0v) is 14.3. The second-order valence-corrected chi connectivity index (χ2v) is 0. The van der Waals surface area contributed by atoms with E-state index in [9.17, 15) is 0 Å². The Morgan fingerprint density at radius 1 is 1.20 bits per heavy atom. The first-order valence-corrected chi connectivity index (χ1v) is 0. The van der Waals surface area contributed by atoms with Crippen molar-refractivity contribution in [1.29, 1.82) is 0 Å². The summed E-state index contributed by atoms with van der Waals surface area (Å²) in [5, 5.41) is 0. The molecule has 0 N–H and O–H groups in total. The van der Waals surface area contributed by atoms with Gasteiger partial charge in [-0.2, -0.15) is 9.90 Å². The van der Waals surface area contributed by atoms with E-state index in [4.69, 9.17) is 0 Å². The van der Waals surface area contributed by atoms with Crippen molar-refractivity contribution in [3.63, 3.8) is 0 Å². The third kappa shape index (κ3) is 17.6. The van der Waals surface area contributed by atoms with Gasteiger partial charge in [-0.15, -0.1) is 0 Å². The second kappa shape index (κ2) is 23.0. The zero-order valence-electron chi connectivity index (χ0n) is 10.1. The standard InChI is InChI=1S/Ca.K.Mg.Na.H3P.6H/h;;;;1H3;;;;;;/q+2;+1;+2;+1;;6*-1. The van der Waals surface area contributed by atoms with Crippen LogP contribution in [0.4, 0.5) is 0 Å². The van der Waals surface area contributed by atoms with E-state index in [1.165, 1.54) is 0 Å². The van der Waals surface area contributed by atoms with E-state index in [-0.39, 0.29) is 160 Å². The van der Waals surface area contributed by atoms with Crippen LogP contribution in [0.3, 0.4) is 0 Å². The van der Waals surface area contributed by atoms with E-state index >= 15 is 0 Å². The Labute approximate surface area is 156 Å². The molecule has 1 unspecified atom stereocenters. The molecule has 0 aliphatic heterocycles. The molecule has 0 saturated heterocycles. The van der Waals surface area contributed by atoms with E-state index in [0.717, 1.165) is 0 Å². The van der Waals surface area contributed by atoms with Crippen LogP contribution in [0.15, 0.2) is 0 Å². The van der Waals surface area contributed by atoms with Gasteiger partial charge in [0.1, 0.15) is 0 Å². The van der Waals surface area contributed by atoms with Crippen LogP contribution in [-0.2, 0) is 0 Å². The number of rotatable bonds is 0. The van der Waals surface area contributed by atoms with Gasteiger partial charge in [-0.05, 0) is 0 Å². The maximum Gasteiger partial charge on any atom is 2.00 e. The molecule has 0 spiro atoms. The van der Waals surface area contributed by atoms with Crippen molar-refractivity contribution in [2.24, 2.45) is 0 Å². The molecule has 0 rings (SSSR count). The van der Waals surface area contributed by atoms with E-state index in [0.29, 0.717) is 0 Å². The molecular formula is H9CaKMgNaP. The van der Waals surface area contributed by atoms with Gasteiger partial charge in [-0.25, -0.2) is 0 Å². The van der Waals surface area contributed by atoms with Gasteiger partial charge in [0.25, 0.3) is 0 Å². The van der Waals surface area contributed by atoms with Crippen LogP contribution >= 0.6 is 9.90 Å². The molecular weight excluding hydrogens is 157 g/mol. The van der Waals surface area contributed by atoms with Crippen LogP contribution in [0.2, 0.25) is 0 Å². The van der Waals surface area contributed by atoms with Crippen LogP contribution in [0.25, 0.3) is 0 Å². The van der Waals surface area contributed by atoms with E-state index < -0.39 is 0 Å². The zero-order chi connectivity index (χ0) is 0. The van der Waals surface area contributed by atoms with Crippen molar-refractivity contribution in [3.8, 4) is 0 Å². The molecule has 0 radical (unpaired) electrons. The van der Waals surface area contributed by atoms with E-state index in [1.54, 1.807) is 0 Å². The molecule has 0 fully saturated rings. The van der Waals surface area contributed by atoms with Gasteiger partial charge in [0.05, 0.1) is 0 Å². The van der Waals surface area contributed by atoms with Crippen molar-refractivity contribution in [1.82, 2.24) is 0 Å². The summed E-state index contributed by atoms with van der Waals surface area (Å²) >= 11 is 0. The molecule has 1 atom stereocenters. The van der Waals surface area contributed by atoms with Gasteiger partial charge in [-0.1, -0.05) is 0 Å². The minimum absolute atomic E-state index is 0. The molecule has 0 saturated carbocycles. The van der Waals surface area contributed by atoms with Crippen molar-refractivity contribution < 1.29 is 89.5 Å². The predicted octanol–water partition coefficient (Wildman–Crippen LogP) is -6.02. The minimum Gasteiger partial charge on any atom is -1.00 e. The summed E-state index contributed by atoms with van der Waals surface area (Å²) < 4.78 is 0. The molecule has 0 aromatic rings. The molecule has 0 amide bonds. The topological polar surface area (TPSA) is 0 Å². The maximum atomic E-state index is 0. The third-order valence-electron chi connectivity index (χ3n) is 0. The van der Waals surface area contributed by atoms with Gasteiger partial charge in [-0.3, -0.25) is 0 Å². The molecule has 0 bridgehead atoms. The molecule has 5 heavy (non-hydrogen) atoms. The Balaban J connectivity index is 0. The van der Waals surface area contributed by atoms with Crippen molar-refractivity contribution >= 4 is 70.7 Å². The minimum atomic E-state index is 0. The van der Waals surface area contributed by atoms with Gasteiger partial charge < -0.3 is 8.56 Å². The quantitative estimate of drug-likeness (QED) is 0.248. The predicted molar refractivity (Wildman–Crippen MR) is 29.3 cm³/mol. The van der Waals surface area contributed by atoms with Crippen LogP contribution < -0.4 is 80.9 Å². The van der Waals surface area contributed by atoms with Gasteiger partial charge in [0, 0.05) is 0 Å². The largest absolute Gasteiger partial charge is 2.00 e. The molecule has 20 valence electrons. The summed E-state index contributed by atoms with van der Waals surface area (Å²) in [5.41, 5.74) is 0. The number of hydrogen-bond donors (Lipinski definition) is 0. The fraction of sp³-hybridized carbons (Fsp3) is 0. The average Bonchev–Trinajstić information content (AvgIpc) is 0. The van der Waals surface area contributed by atoms with Crippen molar-refractivity contribution in [3.05, 3.63) is 0 Å². The molecule has 0 aliphatic carbocycles. The van der Waals surface area contributed by atoms with Gasteiger partial charge in [0.2, 0.25) is 0 Å². The van der Waals surface area contributed by atoms with Crippen LogP contribution in [-0.4, -0.2) is 60.8 Å². The number of hydrogen-bond acceptors (Lipinski definition) is 0. The first-order valence-electron chi connectivity index (χ1n) is 0. The van der Waals surface area contributed by atoms with E-state index in [1.807, 2.05) is 0 Å². The van der Waals surface area contributed by atoms with Crippen LogP contribution in [0.5, 0.6) is 0 Å². The van der Waals surface area contributed by atoms with Crippen LogP contribution in [0, 0.1) is 0 Å². The summed E-state index contributed by atoms with van der Waals surface area (Å²) in [6.07, 6.45) is 0. The molecule has 0 aliphatic rings. The molecule has 0 aromatic heterocycles. The first kappa shape index (κ1) is 32.2. The first-order chi connectivity index (χ1) is 0. The Kier molecular flexibility index (Phi) is 148. The van der Waals surface area contributed by atoms with Crippen molar-refractivity contribution in [2.45, 2.75) is 0 Å². The molecule has 0 aromatic carbocycles. The summed E-state index contributed by atoms with van der Waals surface area (Å²) in [6, 6.07) is 0. The maximum absolute atomic E-state index is 0. The Morgan fingerprint density at radius 2 is 1.20 bits per heavy atom. The fourth-order valence-electron chi connectivity index (χ4n) is 0. The Morgan fingerprint density at radius 3 is 1.20 bits per heavy atom. The second-order valence-electron chi connectivity index (χ2n) is 0. The van der Waals surface area contributed by atoms with Gasteiger partial charge >= 0.3 is 142 Å². The normalized spacial score (nSPS) is 0. The summed E-state index contributed by atoms with van der Waals surface area (Å²) in [6.45, 7) is 0. The van der Waals surface area contributed by atoms with Gasteiger partial charge in [0.15, 0.2) is 0 Å². The molecule has 0 nitrogen and oxygen atoms in total. The molecule has 5 heteroatoms. The average molecular weight is 167 g/mol. The Bertz CT molecular complexity index is 22.5. The summed E-state index contributed by atoms with van der Waals surface area (Å²) in [5.74, 6) is 0. The summed E-state index contributed by atoms with van der Waals surface area (Å²) in [7, 11) is 0. The third-order valence-corrected chi connectivity index (χ3v) is 0. The summed E-state index contributed by atoms with van der Waals surface area (Å²) in [4.78, 5) is 0. The smallest absolute Gasteiger partial charge is 1.00 e. The van der Waals surface area contributed by atoms with Crippen LogP contribution in [0.1, 0.15) is 8.56 Å². The SMILES string of the molecule is P.[Ca+2].[H-].[H-].[H-].[H-].[H-].[H-].[K+].[Mg+2].[Na+]. The monoisotopic (exact) mass is 166 g/mol. The Hall–Kier alpha value is 5.09. The van der Waals surface area contributed by atoms with E-state index in [2.05, 4.69) is 0 Å².